The molecule has 0 aromatic carbocycles. The van der Waals surface area contributed by atoms with Gasteiger partial charge in [0.2, 0.25) is 0 Å². The van der Waals surface area contributed by atoms with Crippen LogP contribution in [-0.4, -0.2) is 23.9 Å². The van der Waals surface area contributed by atoms with E-state index in [1.54, 1.807) is 0 Å². The standard InChI is InChI=1S/C11H24O2/c1-10(6-5-8-12)7-9-13-11(2,3)4/h10,12H,5-9H2,1-4H3/t10-/m1/s1. The number of hydrogen-bond acceptors (Lipinski definition) is 2. The fraction of sp³-hybridized carbons (Fsp3) is 1.00. The van der Waals surface area contributed by atoms with Crippen LogP contribution in [-0.2, 0) is 4.74 Å². The highest BCUT2D eigenvalue weighted by Crippen LogP contribution is 2.13. The quantitative estimate of drug-likeness (QED) is 0.694. The van der Waals surface area contributed by atoms with Crippen molar-refractivity contribution in [1.29, 1.82) is 0 Å². The zero-order chi connectivity index (χ0) is 10.3. The van der Waals surface area contributed by atoms with Crippen LogP contribution in [0.25, 0.3) is 0 Å². The van der Waals surface area contributed by atoms with Crippen molar-refractivity contribution < 1.29 is 9.84 Å². The maximum Gasteiger partial charge on any atom is 0.0598 e. The van der Waals surface area contributed by atoms with Gasteiger partial charge in [0.1, 0.15) is 0 Å². The second kappa shape index (κ2) is 6.39. The Morgan fingerprint density at radius 3 is 2.31 bits per heavy atom. The van der Waals surface area contributed by atoms with Crippen molar-refractivity contribution in [2.24, 2.45) is 5.92 Å². The fourth-order valence-electron chi connectivity index (χ4n) is 1.15. The Morgan fingerprint density at radius 1 is 1.23 bits per heavy atom. The summed E-state index contributed by atoms with van der Waals surface area (Å²) in [5.74, 6) is 0.662. The first-order valence-corrected chi connectivity index (χ1v) is 5.20. The van der Waals surface area contributed by atoms with Gasteiger partial charge in [0.05, 0.1) is 5.60 Å². The maximum atomic E-state index is 8.64. The summed E-state index contributed by atoms with van der Waals surface area (Å²) in [7, 11) is 0. The largest absolute Gasteiger partial charge is 0.396 e. The topological polar surface area (TPSA) is 29.5 Å². The molecule has 0 aliphatic heterocycles. The zero-order valence-corrected chi connectivity index (χ0v) is 9.47. The molecule has 1 atom stereocenters. The minimum Gasteiger partial charge on any atom is -0.396 e. The van der Waals surface area contributed by atoms with Gasteiger partial charge in [0, 0.05) is 13.2 Å². The number of aliphatic hydroxyl groups is 1. The van der Waals surface area contributed by atoms with E-state index in [1.807, 2.05) is 0 Å². The molecule has 2 heteroatoms. The Kier molecular flexibility index (Phi) is 6.35. The molecule has 1 N–H and O–H groups in total. The average molecular weight is 188 g/mol. The molecule has 0 amide bonds. The van der Waals surface area contributed by atoms with Gasteiger partial charge in [-0.3, -0.25) is 0 Å². The van der Waals surface area contributed by atoms with Gasteiger partial charge in [-0.2, -0.15) is 0 Å². The Balaban J connectivity index is 3.31. The van der Waals surface area contributed by atoms with E-state index in [0.717, 1.165) is 25.9 Å². The van der Waals surface area contributed by atoms with Crippen LogP contribution in [0.4, 0.5) is 0 Å². The van der Waals surface area contributed by atoms with Crippen LogP contribution < -0.4 is 0 Å². The van der Waals surface area contributed by atoms with Crippen molar-refractivity contribution in [3.63, 3.8) is 0 Å². The van der Waals surface area contributed by atoms with Gasteiger partial charge in [0.15, 0.2) is 0 Å². The fourth-order valence-corrected chi connectivity index (χ4v) is 1.15. The molecule has 0 bridgehead atoms. The molecule has 80 valence electrons. The van der Waals surface area contributed by atoms with Gasteiger partial charge < -0.3 is 9.84 Å². The van der Waals surface area contributed by atoms with Gasteiger partial charge in [-0.15, -0.1) is 0 Å². The third-order valence-electron chi connectivity index (χ3n) is 2.00. The SMILES string of the molecule is C[C@H](CCCO)CCOC(C)(C)C. The van der Waals surface area contributed by atoms with Gasteiger partial charge in [-0.05, 0) is 46.0 Å². The lowest BCUT2D eigenvalue weighted by atomic mass is 10.0. The van der Waals surface area contributed by atoms with Crippen LogP contribution in [0.2, 0.25) is 0 Å². The molecule has 0 rings (SSSR count). The van der Waals surface area contributed by atoms with E-state index < -0.39 is 0 Å². The van der Waals surface area contributed by atoms with E-state index in [4.69, 9.17) is 9.84 Å². The number of hydrogen-bond donors (Lipinski definition) is 1. The van der Waals surface area contributed by atoms with Crippen LogP contribution in [0.5, 0.6) is 0 Å². The van der Waals surface area contributed by atoms with Crippen molar-refractivity contribution in [2.45, 2.75) is 52.6 Å². The lowest BCUT2D eigenvalue weighted by Gasteiger charge is -2.20. The molecule has 2 nitrogen and oxygen atoms in total. The van der Waals surface area contributed by atoms with Crippen LogP contribution >= 0.6 is 0 Å². The van der Waals surface area contributed by atoms with Crippen molar-refractivity contribution >= 4 is 0 Å². The van der Waals surface area contributed by atoms with Crippen molar-refractivity contribution in [3.05, 3.63) is 0 Å². The lowest BCUT2D eigenvalue weighted by Crippen LogP contribution is -2.20. The molecule has 0 radical (unpaired) electrons. The molecule has 0 spiro atoms. The molecule has 0 heterocycles. The van der Waals surface area contributed by atoms with Gasteiger partial charge in [-0.25, -0.2) is 0 Å². The molecule has 0 aliphatic rings. The normalized spacial score (nSPS) is 14.5. The molecule has 0 unspecified atom stereocenters. The second-order valence-corrected chi connectivity index (χ2v) is 4.72. The summed E-state index contributed by atoms with van der Waals surface area (Å²) in [4.78, 5) is 0. The summed E-state index contributed by atoms with van der Waals surface area (Å²) in [5.41, 5.74) is -0.0172. The van der Waals surface area contributed by atoms with E-state index >= 15 is 0 Å². The first-order chi connectivity index (χ1) is 5.95. The summed E-state index contributed by atoms with van der Waals surface area (Å²) in [6.07, 6.45) is 3.11. The molecule has 0 aromatic heterocycles. The monoisotopic (exact) mass is 188 g/mol. The molecular weight excluding hydrogens is 164 g/mol. The first-order valence-electron chi connectivity index (χ1n) is 5.20. The van der Waals surface area contributed by atoms with E-state index in [0.29, 0.717) is 12.5 Å². The maximum absolute atomic E-state index is 8.64. The van der Waals surface area contributed by atoms with Gasteiger partial charge >= 0.3 is 0 Å². The van der Waals surface area contributed by atoms with Gasteiger partial charge in [-0.1, -0.05) is 6.92 Å². The van der Waals surface area contributed by atoms with Crippen molar-refractivity contribution in [3.8, 4) is 0 Å². The molecular formula is C11H24O2. The molecule has 0 saturated heterocycles. The molecule has 0 aromatic rings. The minimum absolute atomic E-state index is 0.0172. The smallest absolute Gasteiger partial charge is 0.0598 e. The third-order valence-corrected chi connectivity index (χ3v) is 2.00. The zero-order valence-electron chi connectivity index (χ0n) is 9.47. The lowest BCUT2D eigenvalue weighted by molar-refractivity contribution is -0.00903. The number of aliphatic hydroxyl groups excluding tert-OH is 1. The predicted octanol–water partition coefficient (Wildman–Crippen LogP) is 2.60. The van der Waals surface area contributed by atoms with Gasteiger partial charge in [0.25, 0.3) is 0 Å². The Bertz CT molecular complexity index is 116. The summed E-state index contributed by atoms with van der Waals surface area (Å²) in [6, 6.07) is 0. The van der Waals surface area contributed by atoms with E-state index in [9.17, 15) is 0 Å². The highest BCUT2D eigenvalue weighted by Gasteiger charge is 2.10. The Labute approximate surface area is 82.3 Å². The highest BCUT2D eigenvalue weighted by atomic mass is 16.5. The van der Waals surface area contributed by atoms with Crippen LogP contribution in [0, 0.1) is 5.92 Å². The number of ether oxygens (including phenoxy) is 1. The van der Waals surface area contributed by atoms with Crippen LogP contribution in [0.15, 0.2) is 0 Å². The molecule has 0 aliphatic carbocycles. The summed E-state index contributed by atoms with van der Waals surface area (Å²) in [5, 5.41) is 8.64. The summed E-state index contributed by atoms with van der Waals surface area (Å²) in [6.45, 7) is 9.57. The average Bonchev–Trinajstić information content (AvgIpc) is 1.98. The minimum atomic E-state index is -0.0172. The van der Waals surface area contributed by atoms with Crippen molar-refractivity contribution in [1.82, 2.24) is 0 Å². The third kappa shape index (κ3) is 9.84. The molecule has 13 heavy (non-hydrogen) atoms. The summed E-state index contributed by atoms with van der Waals surface area (Å²) >= 11 is 0. The van der Waals surface area contributed by atoms with E-state index in [2.05, 4.69) is 27.7 Å². The predicted molar refractivity (Wildman–Crippen MR) is 55.8 cm³/mol. The van der Waals surface area contributed by atoms with E-state index in [1.165, 1.54) is 0 Å². The van der Waals surface area contributed by atoms with E-state index in [-0.39, 0.29) is 5.60 Å². The second-order valence-electron chi connectivity index (χ2n) is 4.72. The Hall–Kier alpha value is -0.0800. The highest BCUT2D eigenvalue weighted by molar-refractivity contribution is 4.60. The number of rotatable bonds is 6. The Morgan fingerprint density at radius 2 is 1.85 bits per heavy atom. The molecule has 0 saturated carbocycles. The molecule has 0 fully saturated rings. The van der Waals surface area contributed by atoms with Crippen LogP contribution in [0.1, 0.15) is 47.0 Å². The summed E-state index contributed by atoms with van der Waals surface area (Å²) < 4.78 is 5.62. The first kappa shape index (κ1) is 12.9. The van der Waals surface area contributed by atoms with Crippen molar-refractivity contribution in [2.75, 3.05) is 13.2 Å². The van der Waals surface area contributed by atoms with Crippen LogP contribution in [0.3, 0.4) is 0 Å².